The Hall–Kier alpha value is -4.32. The summed E-state index contributed by atoms with van der Waals surface area (Å²) in [5.41, 5.74) is 11.6. The zero-order valence-corrected chi connectivity index (χ0v) is 29.5. The first kappa shape index (κ1) is 32.9. The molecule has 5 aromatic rings. The van der Waals surface area contributed by atoms with Crippen LogP contribution < -0.4 is 20.7 Å². The normalized spacial score (nSPS) is 21.5. The zero-order chi connectivity index (χ0) is 34.2. The molecule has 0 radical (unpaired) electrons. The molecule has 4 atom stereocenters. The average Bonchev–Trinajstić information content (AvgIpc) is 3.74. The van der Waals surface area contributed by atoms with Crippen LogP contribution in [0.2, 0.25) is 0 Å². The lowest BCUT2D eigenvalue weighted by molar-refractivity contribution is 0.0690. The molecule has 0 saturated heterocycles. The van der Waals surface area contributed by atoms with E-state index in [4.69, 9.17) is 10.5 Å². The summed E-state index contributed by atoms with van der Waals surface area (Å²) in [6.07, 6.45) is 8.22. The number of aromatic carboxylic acids is 1. The SMILES string of the molecule is N[C@H]1[C@@H]2CCC[C@H]1[C@@H](c1ccc(OCCCc3sc(N4CCc5cccc(C(=O)Nc6nc7ccccc7s6)c5C4)nc3C(=O)O)cc1)CC2. The van der Waals surface area contributed by atoms with Gasteiger partial charge in [0, 0.05) is 29.6 Å². The molecule has 2 saturated carbocycles. The second-order valence-electron chi connectivity index (χ2n) is 13.8. The maximum absolute atomic E-state index is 13.5. The van der Waals surface area contributed by atoms with E-state index in [9.17, 15) is 14.7 Å². The van der Waals surface area contributed by atoms with Crippen LogP contribution in [0.5, 0.6) is 5.75 Å². The largest absolute Gasteiger partial charge is 0.494 e. The Labute approximate surface area is 299 Å². The van der Waals surface area contributed by atoms with Gasteiger partial charge in [-0.2, -0.15) is 0 Å². The highest BCUT2D eigenvalue weighted by Crippen LogP contribution is 2.47. The number of fused-ring (bicyclic) bond motifs is 4. The number of amides is 1. The van der Waals surface area contributed by atoms with E-state index in [1.807, 2.05) is 36.4 Å². The Morgan fingerprint density at radius 3 is 2.68 bits per heavy atom. The van der Waals surface area contributed by atoms with Gasteiger partial charge in [0.1, 0.15) is 5.75 Å². The molecule has 2 aromatic heterocycles. The van der Waals surface area contributed by atoms with Gasteiger partial charge in [-0.3, -0.25) is 10.1 Å². The van der Waals surface area contributed by atoms with Crippen molar-refractivity contribution >= 4 is 55.0 Å². The number of aromatic nitrogens is 2. The summed E-state index contributed by atoms with van der Waals surface area (Å²) in [4.78, 5) is 37.7. The maximum atomic E-state index is 13.5. The second-order valence-corrected chi connectivity index (χ2v) is 15.9. The first-order valence-electron chi connectivity index (χ1n) is 17.7. The fraction of sp³-hybridized carbons (Fsp3) is 0.385. The molecule has 2 aliphatic carbocycles. The summed E-state index contributed by atoms with van der Waals surface area (Å²) in [6.45, 7) is 1.64. The molecular weight excluding hydrogens is 667 g/mol. The number of carboxylic acids is 1. The monoisotopic (exact) mass is 707 g/mol. The molecule has 50 heavy (non-hydrogen) atoms. The number of nitrogens with two attached hydrogens (primary N) is 1. The fourth-order valence-electron chi connectivity index (χ4n) is 8.27. The van der Waals surface area contributed by atoms with Crippen LogP contribution in [0.15, 0.2) is 66.7 Å². The van der Waals surface area contributed by atoms with Crippen molar-refractivity contribution in [3.8, 4) is 5.75 Å². The topological polar surface area (TPSA) is 131 Å². The number of rotatable bonds is 10. The number of hydrogen-bond donors (Lipinski definition) is 3. The molecule has 2 fully saturated rings. The van der Waals surface area contributed by atoms with Crippen LogP contribution in [0, 0.1) is 11.8 Å². The van der Waals surface area contributed by atoms with E-state index in [1.165, 1.54) is 60.3 Å². The van der Waals surface area contributed by atoms with E-state index >= 15 is 0 Å². The number of para-hydroxylation sites is 1. The third kappa shape index (κ3) is 6.61. The molecule has 9 nitrogen and oxygen atoms in total. The number of hydrogen-bond acceptors (Lipinski definition) is 9. The number of carbonyl (C=O) groups excluding carboxylic acids is 1. The number of ether oxygens (including phenoxy) is 1. The third-order valence-corrected chi connectivity index (χ3v) is 13.0. The molecule has 0 unspecified atom stereocenters. The Morgan fingerprint density at radius 2 is 1.84 bits per heavy atom. The molecule has 258 valence electrons. The predicted octanol–water partition coefficient (Wildman–Crippen LogP) is 7.90. The quantitative estimate of drug-likeness (QED) is 0.125. The Bertz CT molecular complexity index is 1990. The molecule has 1 amide bonds. The van der Waals surface area contributed by atoms with Crippen LogP contribution >= 0.6 is 22.7 Å². The number of anilines is 2. The zero-order valence-electron chi connectivity index (χ0n) is 27.8. The fourth-order valence-corrected chi connectivity index (χ4v) is 10.2. The minimum Gasteiger partial charge on any atom is -0.494 e. The summed E-state index contributed by atoms with van der Waals surface area (Å²) >= 11 is 2.87. The summed E-state index contributed by atoms with van der Waals surface area (Å²) in [5, 5.41) is 14.2. The van der Waals surface area contributed by atoms with E-state index < -0.39 is 5.97 Å². The summed E-state index contributed by atoms with van der Waals surface area (Å²) in [7, 11) is 0. The smallest absolute Gasteiger partial charge is 0.355 e. The molecule has 4 N–H and O–H groups in total. The van der Waals surface area contributed by atoms with Crippen molar-refractivity contribution in [1.82, 2.24) is 9.97 Å². The van der Waals surface area contributed by atoms with Crippen molar-refractivity contribution in [2.75, 3.05) is 23.4 Å². The minimum absolute atomic E-state index is 0.0951. The molecule has 8 rings (SSSR count). The number of thiazole rings is 2. The summed E-state index contributed by atoms with van der Waals surface area (Å²) < 4.78 is 7.10. The van der Waals surface area contributed by atoms with Crippen molar-refractivity contribution in [1.29, 1.82) is 0 Å². The average molecular weight is 708 g/mol. The Balaban J connectivity index is 0.897. The maximum Gasteiger partial charge on any atom is 0.355 e. The lowest BCUT2D eigenvalue weighted by atomic mass is 9.62. The third-order valence-electron chi connectivity index (χ3n) is 10.8. The van der Waals surface area contributed by atoms with Gasteiger partial charge in [0.2, 0.25) is 0 Å². The predicted molar refractivity (Wildman–Crippen MR) is 199 cm³/mol. The first-order chi connectivity index (χ1) is 24.4. The highest BCUT2D eigenvalue weighted by molar-refractivity contribution is 7.22. The van der Waals surface area contributed by atoms with E-state index in [-0.39, 0.29) is 11.6 Å². The van der Waals surface area contributed by atoms with Crippen molar-refractivity contribution in [2.24, 2.45) is 17.6 Å². The first-order valence-corrected chi connectivity index (χ1v) is 19.3. The standard InChI is InChI=1S/C39H41N5O4S2/c40-34-25-7-4-8-28(34)27(18-15-25)24-13-16-26(17-14-24)48-21-5-12-33-35(37(46)47)42-39(50-33)44-20-19-23-6-3-9-29(30(23)22-44)36(45)43-38-41-31-10-1-2-11-32(31)49-38/h1-3,6,9-11,13-14,16-17,25,27-28,34H,4-5,7-8,12,15,18-22,40H2,(H,46,47)(H,41,43,45)/t25-,27-,28+,34+/m1/s1. The molecule has 3 aromatic carbocycles. The number of aryl methyl sites for hydroxylation is 1. The van der Waals surface area contributed by atoms with Crippen LogP contribution in [-0.4, -0.2) is 46.1 Å². The molecule has 2 bridgehead atoms. The van der Waals surface area contributed by atoms with E-state index in [1.54, 1.807) is 0 Å². The van der Waals surface area contributed by atoms with Crippen molar-refractivity contribution in [3.05, 3.63) is 99.6 Å². The van der Waals surface area contributed by atoms with E-state index in [0.29, 0.717) is 72.2 Å². The van der Waals surface area contributed by atoms with Crippen molar-refractivity contribution in [3.63, 3.8) is 0 Å². The molecule has 0 spiro atoms. The number of benzene rings is 3. The van der Waals surface area contributed by atoms with E-state index in [2.05, 4.69) is 50.5 Å². The lowest BCUT2D eigenvalue weighted by Crippen LogP contribution is -2.46. The van der Waals surface area contributed by atoms with Gasteiger partial charge < -0.3 is 20.5 Å². The van der Waals surface area contributed by atoms with Gasteiger partial charge in [-0.05, 0) is 110 Å². The van der Waals surface area contributed by atoms with Gasteiger partial charge in [-0.25, -0.2) is 14.8 Å². The highest BCUT2D eigenvalue weighted by Gasteiger charge is 2.40. The highest BCUT2D eigenvalue weighted by atomic mass is 32.1. The number of carboxylic acid groups (broad SMARTS) is 1. The summed E-state index contributed by atoms with van der Waals surface area (Å²) in [5.74, 6) is 1.41. The Kier molecular flexibility index (Phi) is 9.28. The van der Waals surface area contributed by atoms with Gasteiger partial charge in [-0.1, -0.05) is 54.2 Å². The Morgan fingerprint density at radius 1 is 0.980 bits per heavy atom. The van der Waals surface area contributed by atoms with Gasteiger partial charge in [0.25, 0.3) is 5.91 Å². The molecule has 3 aliphatic rings. The molecule has 1 aliphatic heterocycles. The second kappa shape index (κ2) is 14.1. The van der Waals surface area contributed by atoms with Crippen LogP contribution in [0.25, 0.3) is 10.2 Å². The van der Waals surface area contributed by atoms with Crippen molar-refractivity contribution in [2.45, 2.75) is 69.9 Å². The van der Waals surface area contributed by atoms with Gasteiger partial charge in [0.15, 0.2) is 16.0 Å². The van der Waals surface area contributed by atoms with Gasteiger partial charge in [-0.15, -0.1) is 11.3 Å². The van der Waals surface area contributed by atoms with Crippen molar-refractivity contribution < 1.29 is 19.4 Å². The molecule has 3 heterocycles. The van der Waals surface area contributed by atoms with Crippen LogP contribution in [0.4, 0.5) is 10.3 Å². The number of nitrogens with one attached hydrogen (secondary N) is 1. The van der Waals surface area contributed by atoms with Gasteiger partial charge >= 0.3 is 5.97 Å². The number of nitrogens with zero attached hydrogens (tertiary/aromatic N) is 3. The lowest BCUT2D eigenvalue weighted by Gasteiger charge is -2.45. The van der Waals surface area contributed by atoms with E-state index in [0.717, 1.165) is 38.4 Å². The molecule has 11 heteroatoms. The van der Waals surface area contributed by atoms with Crippen LogP contribution in [-0.2, 0) is 19.4 Å². The molecular formula is C39H41N5O4S2. The summed E-state index contributed by atoms with van der Waals surface area (Å²) in [6, 6.07) is 22.5. The van der Waals surface area contributed by atoms with Gasteiger partial charge in [0.05, 0.1) is 16.8 Å². The van der Waals surface area contributed by atoms with Crippen LogP contribution in [0.3, 0.4) is 0 Å². The van der Waals surface area contributed by atoms with Crippen LogP contribution in [0.1, 0.15) is 86.9 Å². The number of carbonyl (C=O) groups is 2. The minimum atomic E-state index is -1.03.